The fourth-order valence-corrected chi connectivity index (χ4v) is 6.57. The van der Waals surface area contributed by atoms with Crippen molar-refractivity contribution in [3.8, 4) is 22.4 Å². The summed E-state index contributed by atoms with van der Waals surface area (Å²) in [5, 5.41) is 3.12. The number of carbonyl (C=O) groups is 2. The number of rotatable bonds is 10. The minimum absolute atomic E-state index is 0.0369. The molecule has 4 aromatic rings. The average Bonchev–Trinajstić information content (AvgIpc) is 3.35. The van der Waals surface area contributed by atoms with Crippen LogP contribution in [0.25, 0.3) is 22.4 Å². The summed E-state index contributed by atoms with van der Waals surface area (Å²) < 4.78 is 34.6. The Morgan fingerprint density at radius 1 is 0.917 bits per heavy atom. The number of para-hydroxylation sites is 1. The molecule has 254 valence electrons. The lowest BCUT2D eigenvalue weighted by molar-refractivity contribution is -0.301. The molecule has 1 aliphatic heterocycles. The molecule has 5 rings (SSSR count). The first-order chi connectivity index (χ1) is 22.7. The van der Waals surface area contributed by atoms with Gasteiger partial charge >= 0.3 is 5.97 Å². The monoisotopic (exact) mass is 654 g/mol. The van der Waals surface area contributed by atoms with Crippen molar-refractivity contribution in [2.45, 2.75) is 104 Å². The van der Waals surface area contributed by atoms with Gasteiger partial charge in [0.15, 0.2) is 5.79 Å². The molecule has 2 unspecified atom stereocenters. The number of hydrogen-bond acceptors (Lipinski definition) is 5. The molecule has 1 fully saturated rings. The van der Waals surface area contributed by atoms with E-state index >= 15 is 0 Å². The molecule has 1 aromatic heterocycles. The van der Waals surface area contributed by atoms with Gasteiger partial charge in [-0.1, -0.05) is 62.4 Å². The van der Waals surface area contributed by atoms with Crippen LogP contribution in [0.2, 0.25) is 0 Å². The molecule has 0 bridgehead atoms. The van der Waals surface area contributed by atoms with Gasteiger partial charge < -0.3 is 24.1 Å². The van der Waals surface area contributed by atoms with Gasteiger partial charge in [0.25, 0.3) is 5.91 Å². The molecule has 48 heavy (non-hydrogen) atoms. The van der Waals surface area contributed by atoms with E-state index in [1.807, 2.05) is 95.3 Å². The van der Waals surface area contributed by atoms with Crippen LogP contribution in [0.5, 0.6) is 0 Å². The Hall–Kier alpha value is -4.27. The number of nitrogens with zero attached hydrogens (tertiary/aromatic N) is 1. The summed E-state index contributed by atoms with van der Waals surface area (Å²) in [6.45, 7) is 13.9. The summed E-state index contributed by atoms with van der Waals surface area (Å²) in [6, 6.07) is 25.7. The Labute approximate surface area is 283 Å². The van der Waals surface area contributed by atoms with Crippen molar-refractivity contribution < 1.29 is 28.2 Å². The summed E-state index contributed by atoms with van der Waals surface area (Å²) >= 11 is 0. The topological polar surface area (TPSA) is 78.8 Å². The Morgan fingerprint density at radius 2 is 1.52 bits per heavy atom. The normalized spacial score (nSPS) is 17.7. The smallest absolute Gasteiger partial charge is 0.308 e. The molecule has 1 N–H and O–H groups in total. The third kappa shape index (κ3) is 8.60. The maximum Gasteiger partial charge on any atom is 0.308 e. The number of amides is 1. The van der Waals surface area contributed by atoms with Crippen LogP contribution in [-0.4, -0.2) is 40.0 Å². The second-order valence-corrected chi connectivity index (χ2v) is 14.2. The predicted molar refractivity (Wildman–Crippen MR) is 187 cm³/mol. The first-order valence-corrected chi connectivity index (χ1v) is 16.7. The molecule has 2 heterocycles. The van der Waals surface area contributed by atoms with Crippen LogP contribution in [0.3, 0.4) is 0 Å². The highest BCUT2D eigenvalue weighted by atomic mass is 19.1. The van der Waals surface area contributed by atoms with Crippen molar-refractivity contribution in [2.24, 2.45) is 0 Å². The third-order valence-corrected chi connectivity index (χ3v) is 8.21. The molecular formula is C40H47FN2O5. The zero-order valence-electron chi connectivity index (χ0n) is 29.0. The molecule has 8 heteroatoms. The quantitative estimate of drug-likeness (QED) is 0.172. The highest BCUT2D eigenvalue weighted by molar-refractivity contribution is 6.12. The number of ether oxygens (including phenoxy) is 3. The zero-order chi connectivity index (χ0) is 34.6. The number of halogens is 1. The number of carbonyl (C=O) groups excluding carboxylic acids is 2. The van der Waals surface area contributed by atoms with Crippen molar-refractivity contribution in [3.05, 3.63) is 102 Å². The number of benzene rings is 3. The van der Waals surface area contributed by atoms with Crippen molar-refractivity contribution in [2.75, 3.05) is 5.32 Å². The molecular weight excluding hydrogens is 607 g/mol. The summed E-state index contributed by atoms with van der Waals surface area (Å²) in [6.07, 6.45) is 0.635. The van der Waals surface area contributed by atoms with Gasteiger partial charge in [-0.15, -0.1) is 0 Å². The second-order valence-electron chi connectivity index (χ2n) is 14.2. The van der Waals surface area contributed by atoms with E-state index in [-0.39, 0.29) is 42.2 Å². The summed E-state index contributed by atoms with van der Waals surface area (Å²) in [5.74, 6) is -1.80. The van der Waals surface area contributed by atoms with Gasteiger partial charge in [-0.2, -0.15) is 0 Å². The van der Waals surface area contributed by atoms with Gasteiger partial charge in [0, 0.05) is 29.9 Å². The molecule has 3 aromatic carbocycles. The van der Waals surface area contributed by atoms with Crippen LogP contribution < -0.4 is 5.32 Å². The summed E-state index contributed by atoms with van der Waals surface area (Å²) in [7, 11) is 0. The lowest BCUT2D eigenvalue weighted by Gasteiger charge is -2.41. The summed E-state index contributed by atoms with van der Waals surface area (Å²) in [4.78, 5) is 27.1. The number of anilines is 1. The van der Waals surface area contributed by atoms with Gasteiger partial charge in [-0.3, -0.25) is 9.59 Å². The van der Waals surface area contributed by atoms with Crippen LogP contribution in [0.15, 0.2) is 84.9 Å². The molecule has 2 atom stereocenters. The maximum atomic E-state index is 14.4. The minimum Gasteiger partial charge on any atom is -0.460 e. The SMILES string of the molecule is CC(C)c1c(C(=O)Nc2ccccc2)c(-c2ccccc2)c(-c2ccc(F)cc2)n1CCC1CC(CC(=O)OC(C)(C)C)OC(C)(C)O1. The van der Waals surface area contributed by atoms with Crippen molar-refractivity contribution >= 4 is 17.6 Å². The third-order valence-electron chi connectivity index (χ3n) is 8.21. The fourth-order valence-electron chi connectivity index (χ4n) is 6.57. The number of aromatic nitrogens is 1. The average molecular weight is 655 g/mol. The molecule has 0 aliphatic carbocycles. The van der Waals surface area contributed by atoms with E-state index in [4.69, 9.17) is 14.2 Å². The second kappa shape index (κ2) is 14.5. The lowest BCUT2D eigenvalue weighted by atomic mass is 9.94. The van der Waals surface area contributed by atoms with Crippen LogP contribution in [0, 0.1) is 5.82 Å². The van der Waals surface area contributed by atoms with Gasteiger partial charge in [-0.25, -0.2) is 4.39 Å². The lowest BCUT2D eigenvalue weighted by Crippen LogP contribution is -2.46. The van der Waals surface area contributed by atoms with Crippen molar-refractivity contribution in [3.63, 3.8) is 0 Å². The zero-order valence-corrected chi connectivity index (χ0v) is 29.0. The van der Waals surface area contributed by atoms with E-state index in [0.29, 0.717) is 30.6 Å². The first kappa shape index (κ1) is 35.0. The Balaban J connectivity index is 1.59. The fraction of sp³-hybridized carbons (Fsp3) is 0.400. The van der Waals surface area contributed by atoms with Crippen LogP contribution in [-0.2, 0) is 25.5 Å². The van der Waals surface area contributed by atoms with E-state index in [0.717, 1.165) is 28.1 Å². The van der Waals surface area contributed by atoms with E-state index in [1.165, 1.54) is 12.1 Å². The van der Waals surface area contributed by atoms with Gasteiger partial charge in [0.1, 0.15) is 11.4 Å². The summed E-state index contributed by atoms with van der Waals surface area (Å²) in [5.41, 5.74) is 4.87. The van der Waals surface area contributed by atoms with Crippen LogP contribution in [0.1, 0.15) is 89.7 Å². The highest BCUT2D eigenvalue weighted by Gasteiger charge is 2.38. The minimum atomic E-state index is -0.900. The molecule has 0 radical (unpaired) electrons. The standard InChI is InChI=1S/C40H47FN2O5/c1-26(2)36-35(38(45)42-30-16-12-9-13-17-30)34(27-14-10-8-11-15-27)37(28-18-20-29(41)21-19-28)43(36)23-22-31-24-32(47-40(6,7)46-31)25-33(44)48-39(3,4)5/h8-21,26,31-32H,22-25H2,1-7H3,(H,42,45). The molecule has 1 amide bonds. The largest absolute Gasteiger partial charge is 0.460 e. The maximum absolute atomic E-state index is 14.4. The first-order valence-electron chi connectivity index (χ1n) is 16.7. The number of esters is 1. The highest BCUT2D eigenvalue weighted by Crippen LogP contribution is 2.43. The Kier molecular flexibility index (Phi) is 10.6. The van der Waals surface area contributed by atoms with Gasteiger partial charge in [0.05, 0.1) is 29.9 Å². The van der Waals surface area contributed by atoms with E-state index in [9.17, 15) is 14.0 Å². The van der Waals surface area contributed by atoms with Crippen molar-refractivity contribution in [1.82, 2.24) is 4.57 Å². The Bertz CT molecular complexity index is 1710. The van der Waals surface area contributed by atoms with Crippen molar-refractivity contribution in [1.29, 1.82) is 0 Å². The molecule has 0 spiro atoms. The van der Waals surface area contributed by atoms with Crippen LogP contribution in [0.4, 0.5) is 10.1 Å². The molecule has 1 saturated heterocycles. The molecule has 1 aliphatic rings. The van der Waals surface area contributed by atoms with Gasteiger partial charge in [0.2, 0.25) is 0 Å². The molecule has 7 nitrogen and oxygen atoms in total. The predicted octanol–water partition coefficient (Wildman–Crippen LogP) is 9.37. The number of nitrogens with one attached hydrogen (secondary N) is 1. The van der Waals surface area contributed by atoms with E-state index < -0.39 is 11.4 Å². The van der Waals surface area contributed by atoms with E-state index in [1.54, 1.807) is 12.1 Å². The van der Waals surface area contributed by atoms with E-state index in [2.05, 4.69) is 23.7 Å². The Morgan fingerprint density at radius 3 is 2.12 bits per heavy atom. The molecule has 0 saturated carbocycles. The van der Waals surface area contributed by atoms with Crippen LogP contribution >= 0.6 is 0 Å². The number of hydrogen-bond donors (Lipinski definition) is 1. The van der Waals surface area contributed by atoms with Gasteiger partial charge in [-0.05, 0) is 94.5 Å².